The summed E-state index contributed by atoms with van der Waals surface area (Å²) >= 11 is 0. The lowest BCUT2D eigenvalue weighted by molar-refractivity contribution is 0.622. The molecule has 1 heterocycles. The van der Waals surface area contributed by atoms with E-state index in [0.717, 1.165) is 18.7 Å². The first kappa shape index (κ1) is 10.3. The van der Waals surface area contributed by atoms with Crippen molar-refractivity contribution in [2.24, 2.45) is 0 Å². The van der Waals surface area contributed by atoms with Gasteiger partial charge in [0.1, 0.15) is 5.82 Å². The highest BCUT2D eigenvalue weighted by Gasteiger charge is 2.19. The fourth-order valence-electron chi connectivity index (χ4n) is 2.42. The van der Waals surface area contributed by atoms with Crippen LogP contribution in [-0.2, 0) is 6.42 Å². The largest absolute Gasteiger partial charge is 0.384 e. The first-order valence-electron chi connectivity index (χ1n) is 5.90. The van der Waals surface area contributed by atoms with Crippen LogP contribution in [0.1, 0.15) is 17.0 Å². The van der Waals surface area contributed by atoms with E-state index >= 15 is 0 Å². The minimum Gasteiger partial charge on any atom is -0.384 e. The Morgan fingerprint density at radius 1 is 1.06 bits per heavy atom. The topological polar surface area (TPSA) is 12.0 Å². The van der Waals surface area contributed by atoms with Crippen molar-refractivity contribution in [1.82, 2.24) is 0 Å². The number of anilines is 1. The first-order chi connectivity index (χ1) is 8.33. The number of halogens is 1. The lowest BCUT2D eigenvalue weighted by Gasteiger charge is -2.26. The highest BCUT2D eigenvalue weighted by Crippen LogP contribution is 2.30. The average molecular weight is 227 g/mol. The molecule has 0 fully saturated rings. The third-order valence-electron chi connectivity index (χ3n) is 3.35. The second-order valence-electron chi connectivity index (χ2n) is 4.49. The zero-order valence-electron chi connectivity index (χ0n) is 9.49. The summed E-state index contributed by atoms with van der Waals surface area (Å²) in [5.74, 6) is 0.309. The Hall–Kier alpha value is -1.83. The highest BCUT2D eigenvalue weighted by atomic mass is 19.1. The van der Waals surface area contributed by atoms with Gasteiger partial charge in [-0.05, 0) is 29.7 Å². The zero-order chi connectivity index (χ0) is 11.7. The van der Waals surface area contributed by atoms with Crippen LogP contribution in [0, 0.1) is 5.82 Å². The zero-order valence-corrected chi connectivity index (χ0v) is 9.49. The Morgan fingerprint density at radius 3 is 2.71 bits per heavy atom. The molecule has 2 heteroatoms. The molecular weight excluding hydrogens is 213 g/mol. The van der Waals surface area contributed by atoms with Crippen LogP contribution in [0.15, 0.2) is 48.5 Å². The molecular formula is C15H14FN. The SMILES string of the molecule is Fc1ccc2c(c1)NCC(c1ccccc1)C2. The molecule has 1 nitrogen and oxygen atoms in total. The van der Waals surface area contributed by atoms with Crippen molar-refractivity contribution >= 4 is 5.69 Å². The predicted molar refractivity (Wildman–Crippen MR) is 67.8 cm³/mol. The molecule has 0 bridgehead atoms. The van der Waals surface area contributed by atoms with Gasteiger partial charge in [0, 0.05) is 18.2 Å². The minimum atomic E-state index is -0.172. The smallest absolute Gasteiger partial charge is 0.125 e. The van der Waals surface area contributed by atoms with E-state index in [-0.39, 0.29) is 5.82 Å². The van der Waals surface area contributed by atoms with Gasteiger partial charge in [-0.25, -0.2) is 4.39 Å². The normalized spacial score (nSPS) is 18.3. The van der Waals surface area contributed by atoms with Gasteiger partial charge in [-0.15, -0.1) is 0 Å². The van der Waals surface area contributed by atoms with Crippen LogP contribution >= 0.6 is 0 Å². The molecule has 1 unspecified atom stereocenters. The molecule has 3 rings (SSSR count). The highest BCUT2D eigenvalue weighted by molar-refractivity contribution is 5.54. The summed E-state index contributed by atoms with van der Waals surface area (Å²) in [5.41, 5.74) is 3.48. The van der Waals surface area contributed by atoms with Crippen molar-refractivity contribution in [3.63, 3.8) is 0 Å². The molecule has 1 N–H and O–H groups in total. The van der Waals surface area contributed by atoms with Gasteiger partial charge in [-0.2, -0.15) is 0 Å². The lowest BCUT2D eigenvalue weighted by Crippen LogP contribution is -2.21. The van der Waals surface area contributed by atoms with Crippen LogP contribution in [0.25, 0.3) is 0 Å². The van der Waals surface area contributed by atoms with E-state index in [4.69, 9.17) is 0 Å². The Labute approximate surface area is 100 Å². The van der Waals surface area contributed by atoms with Crippen molar-refractivity contribution in [3.05, 3.63) is 65.5 Å². The van der Waals surface area contributed by atoms with Crippen LogP contribution in [0.2, 0.25) is 0 Å². The number of fused-ring (bicyclic) bond motifs is 1. The summed E-state index contributed by atoms with van der Waals surface area (Å²) in [7, 11) is 0. The summed E-state index contributed by atoms with van der Waals surface area (Å²) in [5, 5.41) is 3.31. The van der Waals surface area contributed by atoms with Crippen molar-refractivity contribution in [1.29, 1.82) is 0 Å². The molecule has 1 aliphatic heterocycles. The van der Waals surface area contributed by atoms with Crippen LogP contribution in [0.4, 0.5) is 10.1 Å². The molecule has 17 heavy (non-hydrogen) atoms. The van der Waals surface area contributed by atoms with Crippen molar-refractivity contribution in [2.45, 2.75) is 12.3 Å². The van der Waals surface area contributed by atoms with Crippen molar-refractivity contribution in [2.75, 3.05) is 11.9 Å². The second-order valence-corrected chi connectivity index (χ2v) is 4.49. The maximum atomic E-state index is 13.1. The number of benzene rings is 2. The summed E-state index contributed by atoms with van der Waals surface area (Å²) in [4.78, 5) is 0. The van der Waals surface area contributed by atoms with Gasteiger partial charge in [0.2, 0.25) is 0 Å². The molecule has 0 saturated heterocycles. The van der Waals surface area contributed by atoms with Gasteiger partial charge in [-0.1, -0.05) is 36.4 Å². The molecule has 1 aliphatic rings. The maximum absolute atomic E-state index is 13.1. The van der Waals surface area contributed by atoms with Crippen molar-refractivity contribution < 1.29 is 4.39 Å². The Bertz CT molecular complexity index is 522. The monoisotopic (exact) mass is 227 g/mol. The number of hydrogen-bond donors (Lipinski definition) is 1. The van der Waals surface area contributed by atoms with Gasteiger partial charge in [0.05, 0.1) is 0 Å². The molecule has 1 atom stereocenters. The second kappa shape index (κ2) is 4.21. The lowest BCUT2D eigenvalue weighted by atomic mass is 9.88. The molecule has 0 aliphatic carbocycles. The maximum Gasteiger partial charge on any atom is 0.125 e. The number of nitrogens with one attached hydrogen (secondary N) is 1. The molecule has 2 aromatic rings. The van der Waals surface area contributed by atoms with Crippen molar-refractivity contribution in [3.8, 4) is 0 Å². The molecule has 0 saturated carbocycles. The minimum absolute atomic E-state index is 0.172. The molecule has 0 spiro atoms. The van der Waals surface area contributed by atoms with E-state index < -0.39 is 0 Å². The standard InChI is InChI=1S/C15H14FN/c16-14-7-6-12-8-13(10-17-15(12)9-14)11-4-2-1-3-5-11/h1-7,9,13,17H,8,10H2. The van der Waals surface area contributed by atoms with Gasteiger partial charge < -0.3 is 5.32 Å². The Morgan fingerprint density at radius 2 is 1.88 bits per heavy atom. The quantitative estimate of drug-likeness (QED) is 0.785. The molecule has 0 amide bonds. The summed E-state index contributed by atoms with van der Waals surface area (Å²) in [6.07, 6.45) is 0.979. The fraction of sp³-hybridized carbons (Fsp3) is 0.200. The predicted octanol–water partition coefficient (Wildman–Crippen LogP) is 3.58. The molecule has 0 aromatic heterocycles. The Balaban J connectivity index is 1.88. The van der Waals surface area contributed by atoms with E-state index in [0.29, 0.717) is 5.92 Å². The average Bonchev–Trinajstić information content (AvgIpc) is 2.39. The summed E-state index contributed by atoms with van der Waals surface area (Å²) in [6, 6.07) is 15.5. The van der Waals surface area contributed by atoms with E-state index in [9.17, 15) is 4.39 Å². The van der Waals surface area contributed by atoms with Gasteiger partial charge >= 0.3 is 0 Å². The Kier molecular flexibility index (Phi) is 2.56. The van der Waals surface area contributed by atoms with Crippen LogP contribution in [0.3, 0.4) is 0 Å². The molecule has 2 aromatic carbocycles. The third-order valence-corrected chi connectivity index (χ3v) is 3.35. The van der Waals surface area contributed by atoms with Crippen LogP contribution in [-0.4, -0.2) is 6.54 Å². The summed E-state index contributed by atoms with van der Waals surface area (Å²) < 4.78 is 13.1. The van der Waals surface area contributed by atoms with Crippen LogP contribution < -0.4 is 5.32 Å². The van der Waals surface area contributed by atoms with E-state index in [2.05, 4.69) is 29.6 Å². The first-order valence-corrected chi connectivity index (χ1v) is 5.90. The number of hydrogen-bond acceptors (Lipinski definition) is 1. The van der Waals surface area contributed by atoms with Gasteiger partial charge in [-0.3, -0.25) is 0 Å². The molecule has 0 radical (unpaired) electrons. The van der Waals surface area contributed by atoms with Gasteiger partial charge in [0.15, 0.2) is 0 Å². The summed E-state index contributed by atoms with van der Waals surface area (Å²) in [6.45, 7) is 0.875. The fourth-order valence-corrected chi connectivity index (χ4v) is 2.42. The van der Waals surface area contributed by atoms with Crippen LogP contribution in [0.5, 0.6) is 0 Å². The number of rotatable bonds is 1. The van der Waals surface area contributed by atoms with E-state index in [1.807, 2.05) is 12.1 Å². The molecule has 86 valence electrons. The van der Waals surface area contributed by atoms with E-state index in [1.165, 1.54) is 17.2 Å². The van der Waals surface area contributed by atoms with Gasteiger partial charge in [0.25, 0.3) is 0 Å². The van der Waals surface area contributed by atoms with E-state index in [1.54, 1.807) is 6.07 Å². The third kappa shape index (κ3) is 2.03.